The van der Waals surface area contributed by atoms with Crippen LogP contribution in [0.5, 0.6) is 0 Å². The van der Waals surface area contributed by atoms with Gasteiger partial charge < -0.3 is 19.5 Å². The maximum Gasteiger partial charge on any atom is 0.407 e. The molecule has 3 heterocycles. The second kappa shape index (κ2) is 9.28. The minimum atomic E-state index is -0.468. The third-order valence-corrected chi connectivity index (χ3v) is 5.65. The van der Waals surface area contributed by atoms with Crippen molar-refractivity contribution in [1.29, 1.82) is 0 Å². The minimum absolute atomic E-state index is 0.260. The van der Waals surface area contributed by atoms with E-state index in [0.29, 0.717) is 18.4 Å². The molecule has 1 N–H and O–H groups in total. The average Bonchev–Trinajstić information content (AvgIpc) is 3.36. The lowest BCUT2D eigenvalue weighted by Crippen LogP contribution is -2.37. The van der Waals surface area contributed by atoms with Gasteiger partial charge in [-0.1, -0.05) is 18.2 Å². The number of rotatable bonds is 6. The third-order valence-electron chi connectivity index (χ3n) is 5.65. The number of fused-ring (bicyclic) bond motifs is 1. The molecule has 0 radical (unpaired) electrons. The number of carbonyl (C=O) groups excluding carboxylic acids is 1. The van der Waals surface area contributed by atoms with Gasteiger partial charge in [-0.2, -0.15) is 14.8 Å². The SMILES string of the molecule is Cc1nn(-c2noc(C3CCN(CCCNC(=O)OC(C)(C)C)CC3)n2)c2ccccc12. The summed E-state index contributed by atoms with van der Waals surface area (Å²) in [7, 11) is 0. The topological polar surface area (TPSA) is 98.3 Å². The zero-order valence-corrected chi connectivity index (χ0v) is 19.3. The molecule has 172 valence electrons. The molecule has 0 aliphatic carbocycles. The van der Waals surface area contributed by atoms with E-state index in [1.165, 1.54) is 0 Å². The van der Waals surface area contributed by atoms with Crippen molar-refractivity contribution in [1.82, 2.24) is 30.1 Å². The smallest absolute Gasteiger partial charge is 0.407 e. The Labute approximate surface area is 188 Å². The first-order valence-corrected chi connectivity index (χ1v) is 11.3. The highest BCUT2D eigenvalue weighted by molar-refractivity contribution is 5.82. The number of para-hydroxylation sites is 1. The summed E-state index contributed by atoms with van der Waals surface area (Å²) in [6.07, 6.45) is 2.48. The van der Waals surface area contributed by atoms with Gasteiger partial charge >= 0.3 is 6.09 Å². The highest BCUT2D eigenvalue weighted by Crippen LogP contribution is 2.28. The Morgan fingerprint density at radius 3 is 2.75 bits per heavy atom. The van der Waals surface area contributed by atoms with Crippen molar-refractivity contribution in [2.45, 2.75) is 58.5 Å². The minimum Gasteiger partial charge on any atom is -0.444 e. The van der Waals surface area contributed by atoms with Gasteiger partial charge in [-0.15, -0.1) is 0 Å². The fourth-order valence-corrected chi connectivity index (χ4v) is 4.06. The van der Waals surface area contributed by atoms with Gasteiger partial charge in [0, 0.05) is 17.8 Å². The summed E-state index contributed by atoms with van der Waals surface area (Å²) in [5.74, 6) is 1.43. The standard InChI is InChI=1S/C23H32N6O3/c1-16-18-8-5-6-9-19(18)29(26-16)21-25-20(32-27-21)17-10-14-28(15-11-17)13-7-12-24-22(30)31-23(2,3)4/h5-6,8-9,17H,7,10-15H2,1-4H3,(H,24,30). The van der Waals surface area contributed by atoms with E-state index in [4.69, 9.17) is 9.26 Å². The number of amides is 1. The van der Waals surface area contributed by atoms with E-state index in [0.717, 1.165) is 55.5 Å². The van der Waals surface area contributed by atoms with E-state index >= 15 is 0 Å². The number of benzene rings is 1. The molecule has 0 atom stereocenters. The lowest BCUT2D eigenvalue weighted by atomic mass is 9.97. The number of piperidine rings is 1. The zero-order chi connectivity index (χ0) is 22.7. The second-order valence-electron chi connectivity index (χ2n) is 9.35. The van der Waals surface area contributed by atoms with E-state index < -0.39 is 5.60 Å². The number of alkyl carbamates (subject to hydrolysis) is 1. The molecule has 0 spiro atoms. The van der Waals surface area contributed by atoms with Crippen LogP contribution in [0.2, 0.25) is 0 Å². The van der Waals surface area contributed by atoms with E-state index in [-0.39, 0.29) is 12.0 Å². The molecule has 0 saturated carbocycles. The van der Waals surface area contributed by atoms with Gasteiger partial charge in [0.2, 0.25) is 5.89 Å². The van der Waals surface area contributed by atoms with Crippen molar-refractivity contribution in [3.05, 3.63) is 35.9 Å². The fourth-order valence-electron chi connectivity index (χ4n) is 4.06. The molecule has 32 heavy (non-hydrogen) atoms. The third kappa shape index (κ3) is 5.27. The number of aromatic nitrogens is 4. The van der Waals surface area contributed by atoms with Crippen molar-refractivity contribution in [3.63, 3.8) is 0 Å². The number of carbonyl (C=O) groups is 1. The van der Waals surface area contributed by atoms with E-state index in [1.54, 1.807) is 4.68 Å². The molecule has 0 bridgehead atoms. The summed E-state index contributed by atoms with van der Waals surface area (Å²) in [4.78, 5) is 18.8. The monoisotopic (exact) mass is 440 g/mol. The molecular weight excluding hydrogens is 408 g/mol. The molecule has 1 aliphatic heterocycles. The van der Waals surface area contributed by atoms with Gasteiger partial charge in [0.05, 0.1) is 11.2 Å². The van der Waals surface area contributed by atoms with Gasteiger partial charge in [0.1, 0.15) is 5.60 Å². The van der Waals surface area contributed by atoms with Crippen LogP contribution in [-0.2, 0) is 4.74 Å². The van der Waals surface area contributed by atoms with Crippen molar-refractivity contribution in [3.8, 4) is 5.95 Å². The molecule has 2 aromatic heterocycles. The van der Waals surface area contributed by atoms with E-state index in [1.807, 2.05) is 52.0 Å². The van der Waals surface area contributed by atoms with Crippen LogP contribution in [0.15, 0.2) is 28.8 Å². The van der Waals surface area contributed by atoms with Crippen LogP contribution in [-0.4, -0.2) is 62.7 Å². The van der Waals surface area contributed by atoms with Crippen LogP contribution in [0.4, 0.5) is 4.79 Å². The summed E-state index contributed by atoms with van der Waals surface area (Å²) in [6.45, 7) is 11.1. The van der Waals surface area contributed by atoms with Gasteiger partial charge in [-0.25, -0.2) is 4.79 Å². The Morgan fingerprint density at radius 1 is 1.25 bits per heavy atom. The number of ether oxygens (including phenoxy) is 1. The molecular formula is C23H32N6O3. The van der Waals surface area contributed by atoms with Crippen molar-refractivity contribution in [2.75, 3.05) is 26.2 Å². The molecule has 1 fully saturated rings. The van der Waals surface area contributed by atoms with Crippen LogP contribution in [0.1, 0.15) is 57.5 Å². The molecule has 3 aromatic rings. The van der Waals surface area contributed by atoms with Crippen molar-refractivity contribution >= 4 is 17.0 Å². The van der Waals surface area contributed by atoms with Gasteiger partial charge in [0.15, 0.2) is 0 Å². The van der Waals surface area contributed by atoms with E-state index in [9.17, 15) is 4.79 Å². The zero-order valence-electron chi connectivity index (χ0n) is 19.3. The predicted molar refractivity (Wildman–Crippen MR) is 121 cm³/mol. The Morgan fingerprint density at radius 2 is 2.00 bits per heavy atom. The highest BCUT2D eigenvalue weighted by Gasteiger charge is 2.26. The largest absolute Gasteiger partial charge is 0.444 e. The van der Waals surface area contributed by atoms with Crippen molar-refractivity contribution < 1.29 is 14.1 Å². The molecule has 1 aliphatic rings. The van der Waals surface area contributed by atoms with Crippen LogP contribution >= 0.6 is 0 Å². The number of hydrogen-bond donors (Lipinski definition) is 1. The number of likely N-dealkylation sites (tertiary alicyclic amines) is 1. The van der Waals surface area contributed by atoms with Crippen LogP contribution in [0, 0.1) is 6.92 Å². The predicted octanol–water partition coefficient (Wildman–Crippen LogP) is 3.81. The van der Waals surface area contributed by atoms with Crippen molar-refractivity contribution in [2.24, 2.45) is 0 Å². The van der Waals surface area contributed by atoms with E-state index in [2.05, 4.69) is 25.5 Å². The molecule has 9 heteroatoms. The summed E-state index contributed by atoms with van der Waals surface area (Å²) < 4.78 is 12.6. The number of hydrogen-bond acceptors (Lipinski definition) is 7. The molecule has 4 rings (SSSR count). The van der Waals surface area contributed by atoms with Crippen LogP contribution in [0.3, 0.4) is 0 Å². The lowest BCUT2D eigenvalue weighted by molar-refractivity contribution is 0.0525. The summed E-state index contributed by atoms with van der Waals surface area (Å²) in [5.41, 5.74) is 1.46. The molecule has 1 aromatic carbocycles. The van der Waals surface area contributed by atoms with Gasteiger partial charge in [0.25, 0.3) is 5.95 Å². The van der Waals surface area contributed by atoms with Gasteiger partial charge in [-0.05, 0) is 77.8 Å². The highest BCUT2D eigenvalue weighted by atomic mass is 16.6. The summed E-state index contributed by atoms with van der Waals surface area (Å²) >= 11 is 0. The second-order valence-corrected chi connectivity index (χ2v) is 9.35. The number of nitrogens with zero attached hydrogens (tertiary/aromatic N) is 5. The quantitative estimate of drug-likeness (QED) is 0.582. The van der Waals surface area contributed by atoms with Crippen LogP contribution < -0.4 is 5.32 Å². The first kappa shape index (κ1) is 22.3. The molecule has 1 amide bonds. The first-order valence-electron chi connectivity index (χ1n) is 11.3. The Balaban J connectivity index is 1.26. The Bertz CT molecular complexity index is 1060. The average molecular weight is 441 g/mol. The lowest BCUT2D eigenvalue weighted by Gasteiger charge is -2.30. The maximum absolute atomic E-state index is 11.7. The summed E-state index contributed by atoms with van der Waals surface area (Å²) in [5, 5.41) is 12.7. The maximum atomic E-state index is 11.7. The summed E-state index contributed by atoms with van der Waals surface area (Å²) in [6, 6.07) is 8.06. The number of aryl methyl sites for hydroxylation is 1. The molecule has 1 saturated heterocycles. The Hall–Kier alpha value is -2.94. The van der Waals surface area contributed by atoms with Crippen LogP contribution in [0.25, 0.3) is 16.9 Å². The van der Waals surface area contributed by atoms with Gasteiger partial charge in [-0.3, -0.25) is 0 Å². The fraction of sp³-hybridized carbons (Fsp3) is 0.565. The Kier molecular flexibility index (Phi) is 6.45. The first-order chi connectivity index (χ1) is 15.3. The number of nitrogens with one attached hydrogen (secondary N) is 1. The molecule has 9 nitrogen and oxygen atoms in total. The molecule has 0 unspecified atom stereocenters. The normalized spacial score (nSPS) is 15.9.